The molecular formula is C13H9FN2O2S2. The molecule has 2 aromatic heterocycles. The molecule has 0 bridgehead atoms. The van der Waals surface area contributed by atoms with Gasteiger partial charge < -0.3 is 0 Å². The molecule has 0 aliphatic heterocycles. The van der Waals surface area contributed by atoms with Crippen LogP contribution in [0, 0.1) is 5.82 Å². The van der Waals surface area contributed by atoms with Crippen LogP contribution in [-0.4, -0.2) is 13.4 Å². The van der Waals surface area contributed by atoms with Crippen molar-refractivity contribution in [1.29, 1.82) is 0 Å². The number of thiophene rings is 1. The molecule has 2 N–H and O–H groups in total. The highest BCUT2D eigenvalue weighted by Gasteiger charge is 2.12. The summed E-state index contributed by atoms with van der Waals surface area (Å²) in [7, 11) is -3.69. The first-order valence-corrected chi connectivity index (χ1v) is 7.98. The van der Waals surface area contributed by atoms with Gasteiger partial charge in [-0.15, -0.1) is 11.3 Å². The molecule has 0 unspecified atom stereocenters. The lowest BCUT2D eigenvalue weighted by Crippen LogP contribution is -2.09. The normalized spacial score (nSPS) is 11.9. The molecule has 0 radical (unpaired) electrons. The molecule has 3 aromatic rings. The smallest absolute Gasteiger partial charge is 0.247 e. The number of sulfonamides is 1. The lowest BCUT2D eigenvalue weighted by atomic mass is 10.1. The number of halogens is 1. The average molecular weight is 308 g/mol. The molecule has 102 valence electrons. The molecule has 0 aliphatic carbocycles. The Morgan fingerprint density at radius 2 is 1.95 bits per heavy atom. The van der Waals surface area contributed by atoms with Crippen molar-refractivity contribution in [2.75, 3.05) is 0 Å². The van der Waals surface area contributed by atoms with E-state index in [1.165, 1.54) is 18.2 Å². The van der Waals surface area contributed by atoms with E-state index in [0.717, 1.165) is 27.2 Å². The molecule has 2 heterocycles. The van der Waals surface area contributed by atoms with E-state index >= 15 is 0 Å². The summed E-state index contributed by atoms with van der Waals surface area (Å²) in [5.41, 5.74) is 1.32. The van der Waals surface area contributed by atoms with Crippen molar-refractivity contribution in [3.8, 4) is 10.4 Å². The Morgan fingerprint density at radius 1 is 1.15 bits per heavy atom. The number of nitrogens with zero attached hydrogens (tertiary/aromatic N) is 1. The number of pyridine rings is 1. The van der Waals surface area contributed by atoms with E-state index < -0.39 is 10.0 Å². The van der Waals surface area contributed by atoms with Gasteiger partial charge in [-0.3, -0.25) is 4.98 Å². The fourth-order valence-corrected chi connectivity index (χ4v) is 3.57. The van der Waals surface area contributed by atoms with Crippen LogP contribution in [0.4, 0.5) is 4.39 Å². The van der Waals surface area contributed by atoms with Gasteiger partial charge in [0.05, 0.1) is 5.52 Å². The van der Waals surface area contributed by atoms with Crippen LogP contribution in [0.1, 0.15) is 0 Å². The number of hydrogen-bond acceptors (Lipinski definition) is 4. The second-order valence-corrected chi connectivity index (χ2v) is 7.10. The van der Waals surface area contributed by atoms with Crippen LogP contribution in [-0.2, 0) is 10.0 Å². The molecule has 0 amide bonds. The van der Waals surface area contributed by atoms with E-state index in [1.54, 1.807) is 18.3 Å². The molecule has 3 rings (SSSR count). The molecule has 4 nitrogen and oxygen atoms in total. The summed E-state index contributed by atoms with van der Waals surface area (Å²) in [5.74, 6) is -0.342. The summed E-state index contributed by atoms with van der Waals surface area (Å²) < 4.78 is 35.7. The number of nitrogens with two attached hydrogens (primary N) is 1. The van der Waals surface area contributed by atoms with Crippen LogP contribution in [0.2, 0.25) is 0 Å². The van der Waals surface area contributed by atoms with Gasteiger partial charge in [-0.05, 0) is 30.3 Å². The van der Waals surface area contributed by atoms with Crippen molar-refractivity contribution in [1.82, 2.24) is 4.98 Å². The van der Waals surface area contributed by atoms with Crippen LogP contribution in [0.5, 0.6) is 0 Å². The van der Waals surface area contributed by atoms with E-state index in [4.69, 9.17) is 5.14 Å². The lowest BCUT2D eigenvalue weighted by molar-refractivity contribution is 0.600. The highest BCUT2D eigenvalue weighted by Crippen LogP contribution is 2.31. The first kappa shape index (κ1) is 13.2. The van der Waals surface area contributed by atoms with E-state index in [9.17, 15) is 12.8 Å². The SMILES string of the molecule is NS(=O)(=O)c1ccc(-c2cnc3cc(F)ccc3c2)s1. The largest absolute Gasteiger partial charge is 0.255 e. The van der Waals surface area contributed by atoms with Crippen molar-refractivity contribution >= 4 is 32.3 Å². The molecule has 0 saturated carbocycles. The van der Waals surface area contributed by atoms with Gasteiger partial charge in [0.15, 0.2) is 0 Å². The number of hydrogen-bond donors (Lipinski definition) is 1. The van der Waals surface area contributed by atoms with E-state index in [-0.39, 0.29) is 10.0 Å². The number of fused-ring (bicyclic) bond motifs is 1. The molecular weight excluding hydrogens is 299 g/mol. The van der Waals surface area contributed by atoms with Crippen LogP contribution in [0.3, 0.4) is 0 Å². The fraction of sp³-hybridized carbons (Fsp3) is 0. The van der Waals surface area contributed by atoms with Crippen LogP contribution in [0.25, 0.3) is 21.3 Å². The molecule has 0 saturated heterocycles. The van der Waals surface area contributed by atoms with Gasteiger partial charge in [0.2, 0.25) is 10.0 Å². The van der Waals surface area contributed by atoms with Gasteiger partial charge in [0, 0.05) is 28.1 Å². The third-order valence-electron chi connectivity index (χ3n) is 2.79. The third kappa shape index (κ3) is 2.43. The maximum Gasteiger partial charge on any atom is 0.247 e. The monoisotopic (exact) mass is 308 g/mol. The second kappa shape index (κ2) is 4.62. The van der Waals surface area contributed by atoms with Crippen molar-refractivity contribution < 1.29 is 12.8 Å². The zero-order valence-corrected chi connectivity index (χ0v) is 11.7. The Morgan fingerprint density at radius 3 is 2.65 bits per heavy atom. The average Bonchev–Trinajstić information content (AvgIpc) is 2.87. The van der Waals surface area contributed by atoms with E-state index in [2.05, 4.69) is 4.98 Å². The second-order valence-electron chi connectivity index (χ2n) is 4.22. The minimum Gasteiger partial charge on any atom is -0.255 e. The molecule has 0 fully saturated rings. The van der Waals surface area contributed by atoms with Crippen molar-refractivity contribution in [2.45, 2.75) is 4.21 Å². The minimum absolute atomic E-state index is 0.103. The minimum atomic E-state index is -3.69. The maximum absolute atomic E-state index is 13.1. The highest BCUT2D eigenvalue weighted by molar-refractivity contribution is 7.91. The van der Waals surface area contributed by atoms with Crippen molar-refractivity contribution in [3.63, 3.8) is 0 Å². The number of primary sulfonamides is 1. The van der Waals surface area contributed by atoms with Gasteiger partial charge in [0.1, 0.15) is 10.0 Å². The molecule has 0 spiro atoms. The fourth-order valence-electron chi connectivity index (χ4n) is 1.86. The summed E-state index contributed by atoms with van der Waals surface area (Å²) in [5, 5.41) is 5.87. The zero-order chi connectivity index (χ0) is 14.3. The maximum atomic E-state index is 13.1. The summed E-state index contributed by atoms with van der Waals surface area (Å²) in [6.45, 7) is 0. The lowest BCUT2D eigenvalue weighted by Gasteiger charge is -2.01. The molecule has 7 heteroatoms. The van der Waals surface area contributed by atoms with Crippen LogP contribution >= 0.6 is 11.3 Å². The zero-order valence-electron chi connectivity index (χ0n) is 10.1. The third-order valence-corrected chi connectivity index (χ3v) is 5.37. The van der Waals surface area contributed by atoms with E-state index in [0.29, 0.717) is 5.52 Å². The predicted octanol–water partition coefficient (Wildman–Crippen LogP) is 2.75. The first-order valence-electron chi connectivity index (χ1n) is 5.62. The topological polar surface area (TPSA) is 73.1 Å². The van der Waals surface area contributed by atoms with Crippen molar-refractivity contribution in [2.24, 2.45) is 5.14 Å². The highest BCUT2D eigenvalue weighted by atomic mass is 32.2. The molecule has 20 heavy (non-hydrogen) atoms. The predicted molar refractivity (Wildman–Crippen MR) is 76.4 cm³/mol. The molecule has 0 atom stereocenters. The Labute approximate surface area is 118 Å². The van der Waals surface area contributed by atoms with E-state index in [1.807, 2.05) is 6.07 Å². The standard InChI is InChI=1S/C13H9FN2O2S2/c14-10-2-1-8-5-9(7-16-11(8)6-10)12-3-4-13(19-12)20(15,17)18/h1-7H,(H2,15,17,18). The van der Waals surface area contributed by atoms with Crippen LogP contribution < -0.4 is 5.14 Å². The van der Waals surface area contributed by atoms with Gasteiger partial charge in [-0.1, -0.05) is 0 Å². The van der Waals surface area contributed by atoms with Gasteiger partial charge in [-0.25, -0.2) is 17.9 Å². The number of aromatic nitrogens is 1. The Balaban J connectivity index is 2.10. The Hall–Kier alpha value is -1.83. The summed E-state index contributed by atoms with van der Waals surface area (Å²) in [6.07, 6.45) is 1.58. The summed E-state index contributed by atoms with van der Waals surface area (Å²) >= 11 is 1.08. The number of rotatable bonds is 2. The Bertz CT molecular complexity index is 904. The quantitative estimate of drug-likeness (QED) is 0.791. The summed E-state index contributed by atoms with van der Waals surface area (Å²) in [6, 6.07) is 9.32. The summed E-state index contributed by atoms with van der Waals surface area (Å²) in [4.78, 5) is 4.92. The molecule has 0 aliphatic rings. The number of benzene rings is 1. The van der Waals surface area contributed by atoms with Crippen molar-refractivity contribution in [3.05, 3.63) is 48.4 Å². The van der Waals surface area contributed by atoms with Gasteiger partial charge in [0.25, 0.3) is 0 Å². The van der Waals surface area contributed by atoms with Gasteiger partial charge in [-0.2, -0.15) is 0 Å². The first-order chi connectivity index (χ1) is 9.43. The van der Waals surface area contributed by atoms with Gasteiger partial charge >= 0.3 is 0 Å². The van der Waals surface area contributed by atoms with Crippen LogP contribution in [0.15, 0.2) is 46.8 Å². The molecule has 1 aromatic carbocycles. The Kier molecular flexibility index (Phi) is 3.04.